The second kappa shape index (κ2) is 8.92. The van der Waals surface area contributed by atoms with Gasteiger partial charge in [0.2, 0.25) is 0 Å². The summed E-state index contributed by atoms with van der Waals surface area (Å²) in [4.78, 5) is 12.8. The Labute approximate surface area is 187 Å². The third kappa shape index (κ3) is 4.70. The van der Waals surface area contributed by atoms with Gasteiger partial charge in [0.25, 0.3) is 15.9 Å². The molecule has 32 heavy (non-hydrogen) atoms. The fraction of sp³-hybridized carbons (Fsp3) is 0.208. The number of hydrogen-bond donors (Lipinski definition) is 2. The van der Waals surface area contributed by atoms with Crippen LogP contribution in [0.4, 0.5) is 5.69 Å². The third-order valence-electron chi connectivity index (χ3n) is 5.23. The Hall–Kier alpha value is -3.52. The van der Waals surface area contributed by atoms with Gasteiger partial charge in [-0.25, -0.2) is 8.42 Å². The summed E-state index contributed by atoms with van der Waals surface area (Å²) in [5.74, 6) is 1.04. The van der Waals surface area contributed by atoms with Crippen molar-refractivity contribution < 1.29 is 22.7 Å². The molecule has 1 aliphatic heterocycles. The van der Waals surface area contributed by atoms with Crippen LogP contribution in [0.1, 0.15) is 34.5 Å². The van der Waals surface area contributed by atoms with Crippen LogP contribution in [0, 0.1) is 6.92 Å². The number of carbonyl (C=O) groups is 1. The van der Waals surface area contributed by atoms with Gasteiger partial charge in [-0.2, -0.15) is 0 Å². The van der Waals surface area contributed by atoms with Crippen LogP contribution >= 0.6 is 0 Å². The minimum absolute atomic E-state index is 0.0807. The minimum atomic E-state index is -3.76. The number of rotatable bonds is 6. The van der Waals surface area contributed by atoms with E-state index >= 15 is 0 Å². The second-order valence-corrected chi connectivity index (χ2v) is 9.23. The number of amides is 1. The fourth-order valence-electron chi connectivity index (χ4n) is 3.37. The summed E-state index contributed by atoms with van der Waals surface area (Å²) in [5.41, 5.74) is 2.58. The van der Waals surface area contributed by atoms with Crippen LogP contribution < -0.4 is 19.5 Å². The van der Waals surface area contributed by atoms with Gasteiger partial charge in [-0.05, 0) is 67.4 Å². The Bertz CT molecular complexity index is 1240. The molecule has 0 bridgehead atoms. The lowest BCUT2D eigenvalue weighted by Crippen LogP contribution is -2.27. The molecule has 3 aromatic carbocycles. The molecule has 0 saturated heterocycles. The highest BCUT2D eigenvalue weighted by Crippen LogP contribution is 2.32. The number of sulfonamides is 1. The molecule has 0 unspecified atom stereocenters. The zero-order valence-electron chi connectivity index (χ0n) is 17.8. The summed E-state index contributed by atoms with van der Waals surface area (Å²) < 4.78 is 39.1. The van der Waals surface area contributed by atoms with E-state index in [4.69, 9.17) is 9.47 Å². The van der Waals surface area contributed by atoms with E-state index in [1.807, 2.05) is 44.2 Å². The van der Waals surface area contributed by atoms with E-state index < -0.39 is 10.0 Å². The molecule has 0 fully saturated rings. The van der Waals surface area contributed by atoms with E-state index in [1.165, 1.54) is 24.3 Å². The Balaban J connectivity index is 1.44. The van der Waals surface area contributed by atoms with Crippen LogP contribution in [-0.4, -0.2) is 27.5 Å². The number of benzene rings is 3. The van der Waals surface area contributed by atoms with Crippen molar-refractivity contribution in [3.05, 3.63) is 83.4 Å². The number of hydrogen-bond acceptors (Lipinski definition) is 5. The first kappa shape index (κ1) is 21.7. The van der Waals surface area contributed by atoms with Gasteiger partial charge in [0.15, 0.2) is 11.5 Å². The van der Waals surface area contributed by atoms with Crippen molar-refractivity contribution in [2.24, 2.45) is 0 Å². The highest BCUT2D eigenvalue weighted by Gasteiger charge is 2.18. The van der Waals surface area contributed by atoms with E-state index in [-0.39, 0.29) is 16.8 Å². The standard InChI is InChI=1S/C24H24N2O5S/c1-16-5-3-4-6-21(16)26-32(28,29)20-10-7-18(8-11-20)24(27)25-17(2)19-9-12-22-23(15-19)31-14-13-30-22/h3-12,15,17,26H,13-14H2,1-2H3,(H,25,27)/t17-/m1/s1. The number of ether oxygens (including phenoxy) is 2. The molecule has 7 nitrogen and oxygen atoms in total. The predicted molar refractivity (Wildman–Crippen MR) is 122 cm³/mol. The number of anilines is 1. The maximum absolute atomic E-state index is 12.7. The first-order valence-corrected chi connectivity index (χ1v) is 11.7. The van der Waals surface area contributed by atoms with Gasteiger partial charge in [-0.15, -0.1) is 0 Å². The van der Waals surface area contributed by atoms with E-state index in [1.54, 1.807) is 12.1 Å². The predicted octanol–water partition coefficient (Wildman–Crippen LogP) is 4.06. The molecular weight excluding hydrogens is 428 g/mol. The Kier molecular flexibility index (Phi) is 6.05. The Morgan fingerprint density at radius 2 is 1.62 bits per heavy atom. The van der Waals surface area contributed by atoms with Gasteiger partial charge in [-0.1, -0.05) is 24.3 Å². The molecule has 0 aromatic heterocycles. The molecular formula is C24H24N2O5S. The molecule has 0 aliphatic carbocycles. The van der Waals surface area contributed by atoms with Crippen molar-refractivity contribution in [1.29, 1.82) is 0 Å². The van der Waals surface area contributed by atoms with Crippen LogP contribution in [0.15, 0.2) is 71.6 Å². The van der Waals surface area contributed by atoms with Crippen LogP contribution in [0.25, 0.3) is 0 Å². The summed E-state index contributed by atoms with van der Waals surface area (Å²) in [6, 6.07) is 18.3. The van der Waals surface area contributed by atoms with Gasteiger partial charge >= 0.3 is 0 Å². The van der Waals surface area contributed by atoms with Gasteiger partial charge in [0.05, 0.1) is 16.6 Å². The van der Waals surface area contributed by atoms with Crippen molar-refractivity contribution in [2.75, 3.05) is 17.9 Å². The fourth-order valence-corrected chi connectivity index (χ4v) is 4.50. The van der Waals surface area contributed by atoms with Gasteiger partial charge in [0.1, 0.15) is 13.2 Å². The first-order valence-electron chi connectivity index (χ1n) is 10.2. The van der Waals surface area contributed by atoms with Crippen molar-refractivity contribution >= 4 is 21.6 Å². The van der Waals surface area contributed by atoms with Crippen LogP contribution in [0.3, 0.4) is 0 Å². The SMILES string of the molecule is Cc1ccccc1NS(=O)(=O)c1ccc(C(=O)N[C@H](C)c2ccc3c(c2)OCCO3)cc1. The number of aryl methyl sites for hydroxylation is 1. The van der Waals surface area contributed by atoms with Gasteiger partial charge in [-0.3, -0.25) is 9.52 Å². The molecule has 166 valence electrons. The number of nitrogens with one attached hydrogen (secondary N) is 2. The monoisotopic (exact) mass is 452 g/mol. The van der Waals surface area contributed by atoms with Crippen molar-refractivity contribution in [2.45, 2.75) is 24.8 Å². The largest absolute Gasteiger partial charge is 0.486 e. The summed E-state index contributed by atoms with van der Waals surface area (Å²) >= 11 is 0. The van der Waals surface area contributed by atoms with Crippen molar-refractivity contribution in [3.63, 3.8) is 0 Å². The smallest absolute Gasteiger partial charge is 0.261 e. The molecule has 0 radical (unpaired) electrons. The average Bonchev–Trinajstić information content (AvgIpc) is 2.80. The molecule has 1 atom stereocenters. The quantitative estimate of drug-likeness (QED) is 0.588. The zero-order chi connectivity index (χ0) is 22.7. The maximum Gasteiger partial charge on any atom is 0.261 e. The molecule has 4 rings (SSSR count). The molecule has 1 aliphatic rings. The Morgan fingerprint density at radius 3 is 2.34 bits per heavy atom. The lowest BCUT2D eigenvalue weighted by molar-refractivity contribution is 0.0939. The summed E-state index contributed by atoms with van der Waals surface area (Å²) in [7, 11) is -3.76. The second-order valence-electron chi connectivity index (χ2n) is 7.54. The van der Waals surface area contributed by atoms with Crippen LogP contribution in [0.2, 0.25) is 0 Å². The molecule has 8 heteroatoms. The lowest BCUT2D eigenvalue weighted by Gasteiger charge is -2.21. The molecule has 2 N–H and O–H groups in total. The number of carbonyl (C=O) groups excluding carboxylic acids is 1. The molecule has 0 spiro atoms. The molecule has 3 aromatic rings. The van der Waals surface area contributed by atoms with Crippen LogP contribution in [0.5, 0.6) is 11.5 Å². The number of fused-ring (bicyclic) bond motifs is 1. The molecule has 1 amide bonds. The highest BCUT2D eigenvalue weighted by atomic mass is 32.2. The van der Waals surface area contributed by atoms with Gasteiger partial charge < -0.3 is 14.8 Å². The van der Waals surface area contributed by atoms with Crippen molar-refractivity contribution in [1.82, 2.24) is 5.32 Å². The summed E-state index contributed by atoms with van der Waals surface area (Å²) in [6.07, 6.45) is 0. The average molecular weight is 453 g/mol. The minimum Gasteiger partial charge on any atom is -0.486 e. The maximum atomic E-state index is 12.7. The van der Waals surface area contributed by atoms with Gasteiger partial charge in [0, 0.05) is 5.56 Å². The van der Waals surface area contributed by atoms with Crippen molar-refractivity contribution in [3.8, 4) is 11.5 Å². The van der Waals surface area contributed by atoms with Crippen LogP contribution in [-0.2, 0) is 10.0 Å². The number of para-hydroxylation sites is 1. The Morgan fingerprint density at radius 1 is 0.938 bits per heavy atom. The summed E-state index contributed by atoms with van der Waals surface area (Å²) in [5, 5.41) is 2.92. The van der Waals surface area contributed by atoms with E-state index in [0.29, 0.717) is 36.0 Å². The summed E-state index contributed by atoms with van der Waals surface area (Å²) in [6.45, 7) is 4.71. The molecule has 1 heterocycles. The lowest BCUT2D eigenvalue weighted by atomic mass is 10.1. The highest BCUT2D eigenvalue weighted by molar-refractivity contribution is 7.92. The third-order valence-corrected chi connectivity index (χ3v) is 6.61. The topological polar surface area (TPSA) is 93.7 Å². The van der Waals surface area contributed by atoms with E-state index in [9.17, 15) is 13.2 Å². The van der Waals surface area contributed by atoms with E-state index in [0.717, 1.165) is 11.1 Å². The zero-order valence-corrected chi connectivity index (χ0v) is 18.6. The van der Waals surface area contributed by atoms with E-state index in [2.05, 4.69) is 10.0 Å². The normalized spacial score (nSPS) is 13.8. The molecule has 0 saturated carbocycles. The first-order chi connectivity index (χ1) is 15.3.